The fourth-order valence-electron chi connectivity index (χ4n) is 2.96. The highest BCUT2D eigenvalue weighted by Crippen LogP contribution is 2.27. The Kier molecular flexibility index (Phi) is 5.03. The Labute approximate surface area is 147 Å². The van der Waals surface area contributed by atoms with Crippen LogP contribution in [-0.4, -0.2) is 24.5 Å². The van der Waals surface area contributed by atoms with E-state index in [1.54, 1.807) is 24.3 Å². The van der Waals surface area contributed by atoms with E-state index in [0.717, 1.165) is 17.9 Å². The maximum atomic E-state index is 12.7. The number of anilines is 2. The second-order valence-electron chi connectivity index (χ2n) is 5.95. The van der Waals surface area contributed by atoms with Crippen LogP contribution in [0, 0.1) is 0 Å². The molecule has 25 heavy (non-hydrogen) atoms. The molecule has 0 aromatic heterocycles. The third kappa shape index (κ3) is 3.65. The van der Waals surface area contributed by atoms with Crippen LogP contribution in [0.3, 0.4) is 0 Å². The number of hydrogen-bond donors (Lipinski definition) is 1. The lowest BCUT2D eigenvalue weighted by molar-refractivity contribution is -0.121. The van der Waals surface area contributed by atoms with Crippen molar-refractivity contribution in [1.29, 1.82) is 0 Å². The first-order valence-corrected chi connectivity index (χ1v) is 8.57. The number of hydrogen-bond acceptors (Lipinski definition) is 4. The van der Waals surface area contributed by atoms with Gasteiger partial charge in [0.05, 0.1) is 18.7 Å². The van der Waals surface area contributed by atoms with E-state index in [1.165, 1.54) is 10.5 Å². The lowest BCUT2D eigenvalue weighted by Gasteiger charge is -2.17. The van der Waals surface area contributed by atoms with E-state index in [4.69, 9.17) is 4.74 Å². The second-order valence-corrected chi connectivity index (χ2v) is 5.95. The first-order chi connectivity index (χ1) is 12.1. The summed E-state index contributed by atoms with van der Waals surface area (Å²) in [6.45, 7) is 4.56. The highest BCUT2D eigenvalue weighted by Gasteiger charge is 2.39. The molecule has 2 amide bonds. The molecule has 0 aliphatic carbocycles. The van der Waals surface area contributed by atoms with Gasteiger partial charge >= 0.3 is 0 Å². The first kappa shape index (κ1) is 17.0. The molecule has 2 aromatic carbocycles. The number of nitrogens with zero attached hydrogens (tertiary/aromatic N) is 1. The molecule has 1 aliphatic rings. The number of rotatable bonds is 6. The quantitative estimate of drug-likeness (QED) is 0.820. The average Bonchev–Trinajstić information content (AvgIpc) is 2.90. The zero-order valence-electron chi connectivity index (χ0n) is 14.5. The van der Waals surface area contributed by atoms with Gasteiger partial charge < -0.3 is 10.1 Å². The SMILES string of the molecule is CCOc1ccc(N2C(=O)C[C@H](Nc3cccc(CC)c3)C2=O)cc1. The van der Waals surface area contributed by atoms with Crippen molar-refractivity contribution in [2.45, 2.75) is 32.7 Å². The van der Waals surface area contributed by atoms with E-state index in [2.05, 4.69) is 12.2 Å². The van der Waals surface area contributed by atoms with E-state index in [-0.39, 0.29) is 18.2 Å². The Morgan fingerprint density at radius 1 is 1.12 bits per heavy atom. The van der Waals surface area contributed by atoms with Gasteiger partial charge in [0.1, 0.15) is 11.8 Å². The number of benzene rings is 2. The van der Waals surface area contributed by atoms with Crippen LogP contribution in [0.4, 0.5) is 11.4 Å². The molecule has 1 fully saturated rings. The van der Waals surface area contributed by atoms with Gasteiger partial charge in [-0.1, -0.05) is 19.1 Å². The van der Waals surface area contributed by atoms with Crippen LogP contribution < -0.4 is 15.0 Å². The lowest BCUT2D eigenvalue weighted by Crippen LogP contribution is -2.34. The molecule has 2 aromatic rings. The Morgan fingerprint density at radius 3 is 2.56 bits per heavy atom. The normalized spacial score (nSPS) is 17.0. The van der Waals surface area contributed by atoms with Crippen molar-refractivity contribution in [2.24, 2.45) is 0 Å². The summed E-state index contributed by atoms with van der Waals surface area (Å²) in [5, 5.41) is 3.19. The molecule has 1 heterocycles. The highest BCUT2D eigenvalue weighted by molar-refractivity contribution is 6.23. The number of nitrogens with one attached hydrogen (secondary N) is 1. The summed E-state index contributed by atoms with van der Waals surface area (Å²) in [7, 11) is 0. The molecule has 3 rings (SSSR count). The Balaban J connectivity index is 1.75. The van der Waals surface area contributed by atoms with Crippen LogP contribution in [0.1, 0.15) is 25.8 Å². The maximum Gasteiger partial charge on any atom is 0.256 e. The molecule has 1 N–H and O–H groups in total. The minimum absolute atomic E-state index is 0.155. The molecule has 5 nitrogen and oxygen atoms in total. The number of carbonyl (C=O) groups is 2. The largest absolute Gasteiger partial charge is 0.494 e. The van der Waals surface area contributed by atoms with Crippen molar-refractivity contribution < 1.29 is 14.3 Å². The van der Waals surface area contributed by atoms with E-state index < -0.39 is 6.04 Å². The summed E-state index contributed by atoms with van der Waals surface area (Å²) in [6.07, 6.45) is 1.08. The van der Waals surface area contributed by atoms with Gasteiger partial charge in [-0.25, -0.2) is 4.90 Å². The fourth-order valence-corrected chi connectivity index (χ4v) is 2.96. The summed E-state index contributed by atoms with van der Waals surface area (Å²) >= 11 is 0. The Morgan fingerprint density at radius 2 is 1.88 bits per heavy atom. The number of ether oxygens (including phenoxy) is 1. The smallest absolute Gasteiger partial charge is 0.256 e. The van der Waals surface area contributed by atoms with Crippen LogP contribution >= 0.6 is 0 Å². The Hall–Kier alpha value is -2.82. The van der Waals surface area contributed by atoms with Crippen LogP contribution in [0.2, 0.25) is 0 Å². The van der Waals surface area contributed by atoms with Crippen molar-refractivity contribution in [3.63, 3.8) is 0 Å². The molecule has 0 radical (unpaired) electrons. The number of imide groups is 1. The van der Waals surface area contributed by atoms with Crippen LogP contribution in [0.15, 0.2) is 48.5 Å². The molecular weight excluding hydrogens is 316 g/mol. The van der Waals surface area contributed by atoms with Crippen molar-refractivity contribution in [2.75, 3.05) is 16.8 Å². The van der Waals surface area contributed by atoms with E-state index in [0.29, 0.717) is 12.3 Å². The van der Waals surface area contributed by atoms with Gasteiger partial charge in [-0.15, -0.1) is 0 Å². The summed E-state index contributed by atoms with van der Waals surface area (Å²) in [6, 6.07) is 14.4. The van der Waals surface area contributed by atoms with E-state index in [1.807, 2.05) is 31.2 Å². The zero-order valence-corrected chi connectivity index (χ0v) is 14.5. The molecule has 1 atom stereocenters. The summed E-state index contributed by atoms with van der Waals surface area (Å²) < 4.78 is 5.40. The van der Waals surface area contributed by atoms with E-state index >= 15 is 0 Å². The zero-order chi connectivity index (χ0) is 17.8. The monoisotopic (exact) mass is 338 g/mol. The van der Waals surface area contributed by atoms with Crippen molar-refractivity contribution in [3.05, 3.63) is 54.1 Å². The van der Waals surface area contributed by atoms with E-state index in [9.17, 15) is 9.59 Å². The van der Waals surface area contributed by atoms with Gasteiger partial charge in [0.25, 0.3) is 5.91 Å². The summed E-state index contributed by atoms with van der Waals surface area (Å²) in [5.74, 6) is 0.297. The molecule has 1 aliphatic heterocycles. The third-order valence-electron chi connectivity index (χ3n) is 4.23. The van der Waals surface area contributed by atoms with Gasteiger partial charge in [0, 0.05) is 5.69 Å². The number of aryl methyl sites for hydroxylation is 1. The summed E-state index contributed by atoms with van der Waals surface area (Å²) in [5.41, 5.74) is 2.62. The van der Waals surface area contributed by atoms with Crippen LogP contribution in [0.25, 0.3) is 0 Å². The van der Waals surface area contributed by atoms with Crippen molar-refractivity contribution in [3.8, 4) is 5.75 Å². The molecule has 5 heteroatoms. The molecule has 1 saturated heterocycles. The molecular formula is C20H22N2O3. The highest BCUT2D eigenvalue weighted by atomic mass is 16.5. The minimum atomic E-state index is -0.536. The third-order valence-corrected chi connectivity index (χ3v) is 4.23. The van der Waals surface area contributed by atoms with Crippen molar-refractivity contribution >= 4 is 23.2 Å². The van der Waals surface area contributed by atoms with Crippen LogP contribution in [0.5, 0.6) is 5.75 Å². The summed E-state index contributed by atoms with van der Waals surface area (Å²) in [4.78, 5) is 26.3. The topological polar surface area (TPSA) is 58.6 Å². The molecule has 0 bridgehead atoms. The van der Waals surface area contributed by atoms with Gasteiger partial charge in [0.2, 0.25) is 5.91 Å². The predicted octanol–water partition coefficient (Wildman–Crippen LogP) is 3.39. The van der Waals surface area contributed by atoms with Gasteiger partial charge in [-0.3, -0.25) is 9.59 Å². The predicted molar refractivity (Wildman–Crippen MR) is 98.0 cm³/mol. The van der Waals surface area contributed by atoms with Gasteiger partial charge in [-0.2, -0.15) is 0 Å². The minimum Gasteiger partial charge on any atom is -0.494 e. The fraction of sp³-hybridized carbons (Fsp3) is 0.300. The lowest BCUT2D eigenvalue weighted by atomic mass is 10.1. The van der Waals surface area contributed by atoms with Gasteiger partial charge in [0.15, 0.2) is 0 Å². The second kappa shape index (κ2) is 7.38. The van der Waals surface area contributed by atoms with Crippen LogP contribution in [-0.2, 0) is 16.0 Å². The number of amides is 2. The Bertz CT molecular complexity index is 771. The molecule has 130 valence electrons. The first-order valence-electron chi connectivity index (χ1n) is 8.57. The average molecular weight is 338 g/mol. The maximum absolute atomic E-state index is 12.7. The number of carbonyl (C=O) groups excluding carboxylic acids is 2. The van der Waals surface area contributed by atoms with Crippen molar-refractivity contribution in [1.82, 2.24) is 0 Å². The molecule has 0 saturated carbocycles. The van der Waals surface area contributed by atoms with Gasteiger partial charge in [-0.05, 0) is 55.3 Å². The molecule has 0 unspecified atom stereocenters. The molecule has 0 spiro atoms. The standard InChI is InChI=1S/C20H22N2O3/c1-3-14-6-5-7-15(12-14)21-18-13-19(23)22(20(18)24)16-8-10-17(11-9-16)25-4-2/h5-12,18,21H,3-4,13H2,1-2H3/t18-/m0/s1.